The van der Waals surface area contributed by atoms with Gasteiger partial charge in [-0.25, -0.2) is 0 Å². The van der Waals surface area contributed by atoms with E-state index < -0.39 is 11.9 Å². The molecule has 0 amide bonds. The average Bonchev–Trinajstić information content (AvgIpc) is 2.65. The minimum atomic E-state index is -0.517. The number of aromatic nitrogens is 1. The van der Waals surface area contributed by atoms with Gasteiger partial charge in [0.15, 0.2) is 12.0 Å². The highest BCUT2D eigenvalue weighted by Crippen LogP contribution is 2.25. The summed E-state index contributed by atoms with van der Waals surface area (Å²) in [6, 6.07) is 1.45. The number of ether oxygens (including phenoxy) is 1. The summed E-state index contributed by atoms with van der Waals surface area (Å²) in [7, 11) is 1.31. The topological polar surface area (TPSA) is 69.4 Å². The lowest BCUT2D eigenvalue weighted by atomic mass is 9.93. The lowest BCUT2D eigenvalue weighted by Gasteiger charge is -2.14. The van der Waals surface area contributed by atoms with Gasteiger partial charge in [-0.1, -0.05) is 19.0 Å². The Morgan fingerprint density at radius 2 is 2.27 bits per heavy atom. The Hall–Kier alpha value is -1.65. The Labute approximate surface area is 87.4 Å². The molecule has 0 aromatic carbocycles. The van der Waals surface area contributed by atoms with Crippen LogP contribution in [0.15, 0.2) is 10.6 Å². The number of aldehydes is 1. The number of nitrogens with zero attached hydrogens (tertiary/aromatic N) is 1. The average molecular weight is 211 g/mol. The van der Waals surface area contributed by atoms with Gasteiger partial charge in [-0.3, -0.25) is 9.59 Å². The third kappa shape index (κ3) is 2.43. The molecule has 0 saturated carbocycles. The van der Waals surface area contributed by atoms with Gasteiger partial charge in [0.25, 0.3) is 0 Å². The van der Waals surface area contributed by atoms with Gasteiger partial charge in [-0.05, 0) is 5.92 Å². The second kappa shape index (κ2) is 4.72. The summed E-state index contributed by atoms with van der Waals surface area (Å²) in [4.78, 5) is 21.9. The normalized spacial score (nSPS) is 12.5. The van der Waals surface area contributed by atoms with Crippen molar-refractivity contribution in [2.24, 2.45) is 5.92 Å². The second-order valence-electron chi connectivity index (χ2n) is 3.52. The van der Waals surface area contributed by atoms with Crippen molar-refractivity contribution in [3.8, 4) is 0 Å². The molecule has 0 aliphatic heterocycles. The molecule has 0 N–H and O–H groups in total. The molecule has 0 aliphatic carbocycles. The Kier molecular flexibility index (Phi) is 3.60. The monoisotopic (exact) mass is 211 g/mol. The fraction of sp³-hybridized carbons (Fsp3) is 0.500. The van der Waals surface area contributed by atoms with Gasteiger partial charge in [0, 0.05) is 6.07 Å². The van der Waals surface area contributed by atoms with Gasteiger partial charge in [-0.2, -0.15) is 0 Å². The zero-order valence-electron chi connectivity index (χ0n) is 8.89. The van der Waals surface area contributed by atoms with Crippen LogP contribution in [0.5, 0.6) is 0 Å². The van der Waals surface area contributed by atoms with Gasteiger partial charge in [-0.15, -0.1) is 0 Å². The Bertz CT molecular complexity index is 356. The zero-order valence-corrected chi connectivity index (χ0v) is 8.89. The molecule has 0 fully saturated rings. The molecule has 15 heavy (non-hydrogen) atoms. The van der Waals surface area contributed by atoms with E-state index in [2.05, 4.69) is 9.89 Å². The SMILES string of the molecule is COC(=O)C(c1cc(C=O)no1)C(C)C. The third-order valence-corrected chi connectivity index (χ3v) is 2.10. The van der Waals surface area contributed by atoms with E-state index in [-0.39, 0.29) is 11.6 Å². The first kappa shape index (κ1) is 11.4. The predicted octanol–water partition coefficient (Wildman–Crippen LogP) is 1.40. The second-order valence-corrected chi connectivity index (χ2v) is 3.52. The number of esters is 1. The van der Waals surface area contributed by atoms with E-state index >= 15 is 0 Å². The summed E-state index contributed by atoms with van der Waals surface area (Å²) in [5.74, 6) is -0.529. The van der Waals surface area contributed by atoms with Crippen molar-refractivity contribution in [1.29, 1.82) is 0 Å². The number of hydrogen-bond acceptors (Lipinski definition) is 5. The van der Waals surface area contributed by atoms with Gasteiger partial charge >= 0.3 is 5.97 Å². The number of methoxy groups -OCH3 is 1. The van der Waals surface area contributed by atoms with Crippen molar-refractivity contribution < 1.29 is 18.8 Å². The first-order chi connectivity index (χ1) is 7.10. The van der Waals surface area contributed by atoms with Crippen LogP contribution in [0.2, 0.25) is 0 Å². The maximum atomic E-state index is 11.5. The predicted molar refractivity (Wildman–Crippen MR) is 51.5 cm³/mol. The van der Waals surface area contributed by atoms with Gasteiger partial charge in [0.05, 0.1) is 7.11 Å². The van der Waals surface area contributed by atoms with Gasteiger partial charge < -0.3 is 9.26 Å². The summed E-state index contributed by atoms with van der Waals surface area (Å²) in [6.45, 7) is 3.73. The van der Waals surface area contributed by atoms with Crippen LogP contribution in [0.25, 0.3) is 0 Å². The molecule has 5 heteroatoms. The van der Waals surface area contributed by atoms with E-state index in [0.29, 0.717) is 12.0 Å². The Morgan fingerprint density at radius 3 is 2.67 bits per heavy atom. The number of carbonyl (C=O) groups excluding carboxylic acids is 2. The van der Waals surface area contributed by atoms with Crippen molar-refractivity contribution >= 4 is 12.3 Å². The fourth-order valence-electron chi connectivity index (χ4n) is 1.35. The van der Waals surface area contributed by atoms with E-state index in [4.69, 9.17) is 4.52 Å². The molecular weight excluding hydrogens is 198 g/mol. The standard InChI is InChI=1S/C10H13NO4/c1-6(2)9(10(13)14-3)8-4-7(5-12)11-15-8/h4-6,9H,1-3H3. The van der Waals surface area contributed by atoms with Crippen LogP contribution in [0, 0.1) is 5.92 Å². The minimum Gasteiger partial charge on any atom is -0.468 e. The summed E-state index contributed by atoms with van der Waals surface area (Å²) in [6.07, 6.45) is 0.571. The minimum absolute atomic E-state index is 0.0184. The van der Waals surface area contributed by atoms with Crippen LogP contribution in [0.4, 0.5) is 0 Å². The van der Waals surface area contributed by atoms with E-state index in [9.17, 15) is 9.59 Å². The first-order valence-electron chi connectivity index (χ1n) is 4.59. The summed E-state index contributed by atoms with van der Waals surface area (Å²) in [5.41, 5.74) is 0.180. The zero-order chi connectivity index (χ0) is 11.4. The van der Waals surface area contributed by atoms with E-state index in [1.807, 2.05) is 13.8 Å². The molecule has 1 heterocycles. The molecule has 5 nitrogen and oxygen atoms in total. The molecule has 1 aromatic rings. The maximum absolute atomic E-state index is 11.5. The number of hydrogen-bond donors (Lipinski definition) is 0. The van der Waals surface area contributed by atoms with Crippen LogP contribution in [-0.2, 0) is 9.53 Å². The van der Waals surface area contributed by atoms with Crippen LogP contribution in [0.3, 0.4) is 0 Å². The molecule has 1 atom stereocenters. The van der Waals surface area contributed by atoms with Crippen molar-refractivity contribution in [3.05, 3.63) is 17.5 Å². The molecule has 0 saturated heterocycles. The molecule has 0 spiro atoms. The number of rotatable bonds is 4. The van der Waals surface area contributed by atoms with Crippen LogP contribution >= 0.6 is 0 Å². The van der Waals surface area contributed by atoms with E-state index in [1.165, 1.54) is 13.2 Å². The highest BCUT2D eigenvalue weighted by atomic mass is 16.5. The van der Waals surface area contributed by atoms with E-state index in [0.717, 1.165) is 0 Å². The van der Waals surface area contributed by atoms with Crippen molar-refractivity contribution in [2.75, 3.05) is 7.11 Å². The smallest absolute Gasteiger partial charge is 0.316 e. The molecule has 0 radical (unpaired) electrons. The molecule has 0 bridgehead atoms. The largest absolute Gasteiger partial charge is 0.468 e. The number of carbonyl (C=O) groups is 2. The summed E-state index contributed by atoms with van der Waals surface area (Å²) < 4.78 is 9.58. The molecule has 82 valence electrons. The lowest BCUT2D eigenvalue weighted by molar-refractivity contribution is -0.144. The molecule has 0 aliphatic rings. The first-order valence-corrected chi connectivity index (χ1v) is 4.59. The lowest BCUT2D eigenvalue weighted by Crippen LogP contribution is -2.19. The van der Waals surface area contributed by atoms with Crippen LogP contribution in [-0.4, -0.2) is 24.5 Å². The van der Waals surface area contributed by atoms with Crippen molar-refractivity contribution in [2.45, 2.75) is 19.8 Å². The van der Waals surface area contributed by atoms with Crippen LogP contribution < -0.4 is 0 Å². The van der Waals surface area contributed by atoms with E-state index in [1.54, 1.807) is 0 Å². The highest BCUT2D eigenvalue weighted by Gasteiger charge is 2.29. The molecule has 1 aromatic heterocycles. The third-order valence-electron chi connectivity index (χ3n) is 2.10. The fourth-order valence-corrected chi connectivity index (χ4v) is 1.35. The molecule has 1 unspecified atom stereocenters. The van der Waals surface area contributed by atoms with Gasteiger partial charge in [0.1, 0.15) is 11.6 Å². The molecular formula is C10H13NO4. The Balaban J connectivity index is 2.98. The highest BCUT2D eigenvalue weighted by molar-refractivity contribution is 5.78. The quantitative estimate of drug-likeness (QED) is 0.556. The summed E-state index contributed by atoms with van der Waals surface area (Å²) in [5, 5.41) is 3.50. The van der Waals surface area contributed by atoms with Crippen LogP contribution in [0.1, 0.15) is 36.0 Å². The maximum Gasteiger partial charge on any atom is 0.316 e. The van der Waals surface area contributed by atoms with Crippen molar-refractivity contribution in [3.63, 3.8) is 0 Å². The van der Waals surface area contributed by atoms with Crippen molar-refractivity contribution in [1.82, 2.24) is 5.16 Å². The Morgan fingerprint density at radius 1 is 1.60 bits per heavy atom. The summed E-state index contributed by atoms with van der Waals surface area (Å²) >= 11 is 0. The van der Waals surface area contributed by atoms with Gasteiger partial charge in [0.2, 0.25) is 0 Å². The molecule has 1 rings (SSSR count).